The summed E-state index contributed by atoms with van der Waals surface area (Å²) in [5, 5.41) is 9.88. The van der Waals surface area contributed by atoms with Gasteiger partial charge in [0.05, 0.1) is 5.69 Å². The highest BCUT2D eigenvalue weighted by atomic mass is 35.5. The second kappa shape index (κ2) is 8.80. The predicted molar refractivity (Wildman–Crippen MR) is 118 cm³/mol. The second-order valence-electron chi connectivity index (χ2n) is 6.67. The summed E-state index contributed by atoms with van der Waals surface area (Å²) in [7, 11) is 0. The lowest BCUT2D eigenvalue weighted by Gasteiger charge is -2.15. The molecule has 148 valence electrons. The summed E-state index contributed by atoms with van der Waals surface area (Å²) in [6, 6.07) is 28.0. The van der Waals surface area contributed by atoms with E-state index in [1.54, 1.807) is 18.2 Å². The summed E-state index contributed by atoms with van der Waals surface area (Å²) in [5.74, 6) is -0.380. The van der Waals surface area contributed by atoms with Crippen LogP contribution in [-0.4, -0.2) is 16.1 Å². The summed E-state index contributed by atoms with van der Waals surface area (Å²) in [5.41, 5.74) is 4.10. The van der Waals surface area contributed by atoms with Gasteiger partial charge in [-0.1, -0.05) is 72.3 Å². The Morgan fingerprint density at radius 3 is 2.33 bits per heavy atom. The van der Waals surface area contributed by atoms with E-state index in [2.05, 4.69) is 4.98 Å². The van der Waals surface area contributed by atoms with E-state index >= 15 is 0 Å². The third-order valence-corrected chi connectivity index (χ3v) is 4.88. The SMILES string of the molecule is O=C(O)c1cccc(-c2ccccc2-c2cc(Cl)ccc2OCc2ccccc2)n1. The van der Waals surface area contributed by atoms with Gasteiger partial charge in [0.25, 0.3) is 0 Å². The Hall–Kier alpha value is -3.63. The van der Waals surface area contributed by atoms with Crippen molar-refractivity contribution in [3.05, 3.63) is 107 Å². The van der Waals surface area contributed by atoms with Gasteiger partial charge in [0.15, 0.2) is 0 Å². The van der Waals surface area contributed by atoms with Gasteiger partial charge in [0, 0.05) is 16.1 Å². The van der Waals surface area contributed by atoms with Crippen molar-refractivity contribution in [1.82, 2.24) is 4.98 Å². The van der Waals surface area contributed by atoms with E-state index in [9.17, 15) is 9.90 Å². The molecular weight excluding hydrogens is 398 g/mol. The van der Waals surface area contributed by atoms with E-state index < -0.39 is 5.97 Å². The Bertz CT molecular complexity index is 1190. The first kappa shape index (κ1) is 19.7. The summed E-state index contributed by atoms with van der Waals surface area (Å²) in [4.78, 5) is 15.7. The number of hydrogen-bond donors (Lipinski definition) is 1. The van der Waals surface area contributed by atoms with Crippen molar-refractivity contribution in [2.45, 2.75) is 6.61 Å². The lowest BCUT2D eigenvalue weighted by molar-refractivity contribution is 0.0690. The quantitative estimate of drug-likeness (QED) is 0.398. The summed E-state index contributed by atoms with van der Waals surface area (Å²) in [6.07, 6.45) is 0. The number of hydrogen-bond acceptors (Lipinski definition) is 3. The molecule has 1 aromatic heterocycles. The monoisotopic (exact) mass is 415 g/mol. The summed E-state index contributed by atoms with van der Waals surface area (Å²) < 4.78 is 6.11. The fourth-order valence-electron chi connectivity index (χ4n) is 3.22. The van der Waals surface area contributed by atoms with Crippen molar-refractivity contribution >= 4 is 17.6 Å². The molecule has 0 aliphatic carbocycles. The van der Waals surface area contributed by atoms with E-state index in [0.29, 0.717) is 23.1 Å². The molecule has 1 N–H and O–H groups in total. The van der Waals surface area contributed by atoms with Crippen LogP contribution in [0.1, 0.15) is 16.1 Å². The molecule has 0 aliphatic rings. The zero-order valence-electron chi connectivity index (χ0n) is 16.0. The minimum Gasteiger partial charge on any atom is -0.488 e. The lowest BCUT2D eigenvalue weighted by Crippen LogP contribution is -2.01. The first-order valence-electron chi connectivity index (χ1n) is 9.38. The zero-order chi connectivity index (χ0) is 20.9. The molecule has 0 aliphatic heterocycles. The highest BCUT2D eigenvalue weighted by Crippen LogP contribution is 2.38. The molecule has 0 spiro atoms. The topological polar surface area (TPSA) is 59.4 Å². The first-order valence-corrected chi connectivity index (χ1v) is 9.76. The van der Waals surface area contributed by atoms with Crippen molar-refractivity contribution in [1.29, 1.82) is 0 Å². The number of aromatic carboxylic acids is 1. The van der Waals surface area contributed by atoms with Crippen molar-refractivity contribution in [3.8, 4) is 28.1 Å². The summed E-state index contributed by atoms with van der Waals surface area (Å²) in [6.45, 7) is 0.421. The number of aromatic nitrogens is 1. The maximum atomic E-state index is 11.4. The number of rotatable bonds is 6. The summed E-state index contributed by atoms with van der Waals surface area (Å²) >= 11 is 6.30. The number of halogens is 1. The molecule has 0 saturated carbocycles. The standard InChI is InChI=1S/C25H18ClNO3/c26-18-13-14-24(30-16-17-7-2-1-3-8-17)21(15-18)19-9-4-5-10-20(19)22-11-6-12-23(27-22)25(28)29/h1-15H,16H2,(H,28,29). The van der Waals surface area contributed by atoms with Crippen LogP contribution in [0.4, 0.5) is 0 Å². The third kappa shape index (κ3) is 4.34. The van der Waals surface area contributed by atoms with Crippen molar-refractivity contribution in [3.63, 3.8) is 0 Å². The lowest BCUT2D eigenvalue weighted by atomic mass is 9.96. The Morgan fingerprint density at radius 2 is 1.57 bits per heavy atom. The molecule has 4 rings (SSSR count). The molecule has 5 heteroatoms. The van der Waals surface area contributed by atoms with Gasteiger partial charge in [-0.05, 0) is 41.5 Å². The van der Waals surface area contributed by atoms with Gasteiger partial charge in [0.1, 0.15) is 18.1 Å². The van der Waals surface area contributed by atoms with E-state index in [0.717, 1.165) is 22.3 Å². The van der Waals surface area contributed by atoms with Crippen LogP contribution in [-0.2, 0) is 6.61 Å². The Labute approximate surface area is 179 Å². The van der Waals surface area contributed by atoms with Gasteiger partial charge in [-0.2, -0.15) is 0 Å². The number of carbonyl (C=O) groups is 1. The Morgan fingerprint density at radius 1 is 0.833 bits per heavy atom. The maximum Gasteiger partial charge on any atom is 0.354 e. The molecule has 0 radical (unpaired) electrons. The zero-order valence-corrected chi connectivity index (χ0v) is 16.7. The van der Waals surface area contributed by atoms with Gasteiger partial charge < -0.3 is 9.84 Å². The van der Waals surface area contributed by atoms with E-state index in [1.165, 1.54) is 6.07 Å². The predicted octanol–water partition coefficient (Wildman–Crippen LogP) is 6.35. The number of carboxylic acids is 1. The minimum absolute atomic E-state index is 0.00560. The average molecular weight is 416 g/mol. The van der Waals surface area contributed by atoms with Crippen molar-refractivity contribution in [2.75, 3.05) is 0 Å². The van der Waals surface area contributed by atoms with Gasteiger partial charge in [-0.15, -0.1) is 0 Å². The van der Waals surface area contributed by atoms with Crippen LogP contribution in [0.15, 0.2) is 91.0 Å². The van der Waals surface area contributed by atoms with Crippen molar-refractivity contribution in [2.24, 2.45) is 0 Å². The van der Waals surface area contributed by atoms with Crippen LogP contribution in [0.5, 0.6) is 5.75 Å². The van der Waals surface area contributed by atoms with Crippen LogP contribution in [0, 0.1) is 0 Å². The number of nitrogens with zero attached hydrogens (tertiary/aromatic N) is 1. The molecule has 0 bridgehead atoms. The average Bonchev–Trinajstić information content (AvgIpc) is 2.79. The van der Waals surface area contributed by atoms with Gasteiger partial charge >= 0.3 is 5.97 Å². The normalized spacial score (nSPS) is 10.6. The van der Waals surface area contributed by atoms with Gasteiger partial charge in [-0.25, -0.2) is 9.78 Å². The van der Waals surface area contributed by atoms with Crippen LogP contribution in [0.3, 0.4) is 0 Å². The first-order chi connectivity index (χ1) is 14.6. The Balaban J connectivity index is 1.77. The van der Waals surface area contributed by atoms with Crippen LogP contribution < -0.4 is 4.74 Å². The molecule has 0 atom stereocenters. The van der Waals surface area contributed by atoms with Gasteiger partial charge in [0.2, 0.25) is 0 Å². The fraction of sp³-hybridized carbons (Fsp3) is 0.0400. The molecule has 0 saturated heterocycles. The molecule has 0 amide bonds. The molecule has 4 nitrogen and oxygen atoms in total. The Kier molecular flexibility index (Phi) is 5.77. The van der Waals surface area contributed by atoms with Crippen LogP contribution in [0.25, 0.3) is 22.4 Å². The number of carboxylic acid groups (broad SMARTS) is 1. The van der Waals surface area contributed by atoms with Crippen molar-refractivity contribution < 1.29 is 14.6 Å². The largest absolute Gasteiger partial charge is 0.488 e. The molecule has 3 aromatic carbocycles. The number of benzene rings is 3. The second-order valence-corrected chi connectivity index (χ2v) is 7.11. The van der Waals surface area contributed by atoms with E-state index in [-0.39, 0.29) is 5.69 Å². The molecule has 30 heavy (non-hydrogen) atoms. The molecule has 0 fully saturated rings. The molecule has 1 heterocycles. The minimum atomic E-state index is -1.07. The molecule has 4 aromatic rings. The van der Waals surface area contributed by atoms with Crippen LogP contribution in [0.2, 0.25) is 5.02 Å². The highest BCUT2D eigenvalue weighted by Gasteiger charge is 2.15. The van der Waals surface area contributed by atoms with Crippen LogP contribution >= 0.6 is 11.6 Å². The molecule has 0 unspecified atom stereocenters. The third-order valence-electron chi connectivity index (χ3n) is 4.64. The molecular formula is C25H18ClNO3. The van der Waals surface area contributed by atoms with E-state index in [1.807, 2.05) is 66.7 Å². The number of pyridine rings is 1. The van der Waals surface area contributed by atoms with Gasteiger partial charge in [-0.3, -0.25) is 0 Å². The highest BCUT2D eigenvalue weighted by molar-refractivity contribution is 6.31. The smallest absolute Gasteiger partial charge is 0.354 e. The maximum absolute atomic E-state index is 11.4. The van der Waals surface area contributed by atoms with E-state index in [4.69, 9.17) is 16.3 Å². The fourth-order valence-corrected chi connectivity index (χ4v) is 3.39. The number of ether oxygens (including phenoxy) is 1.